The minimum absolute atomic E-state index is 0.250. The first-order valence-electron chi connectivity index (χ1n) is 14.2. The number of likely N-dealkylation sites (tertiary alicyclic amines) is 1. The molecule has 1 amide bonds. The smallest absolute Gasteiger partial charge is 0.213 e. The highest BCUT2D eigenvalue weighted by atomic mass is 19.1. The molecule has 0 atom stereocenters. The Morgan fingerprint density at radius 1 is 1.12 bits per heavy atom. The first-order valence-corrected chi connectivity index (χ1v) is 14.2. The molecular formula is C31H49FN4O4. The van der Waals surface area contributed by atoms with E-state index in [1.54, 1.807) is 0 Å². The van der Waals surface area contributed by atoms with E-state index in [1.165, 1.54) is 58.1 Å². The number of nitrogens with two attached hydrogens (primary N) is 1. The van der Waals surface area contributed by atoms with Crippen molar-refractivity contribution in [2.24, 2.45) is 11.1 Å². The van der Waals surface area contributed by atoms with E-state index in [9.17, 15) is 9.18 Å². The topological polar surface area (TPSA) is 112 Å². The van der Waals surface area contributed by atoms with Crippen LogP contribution in [0.15, 0.2) is 22.9 Å². The van der Waals surface area contributed by atoms with Crippen LogP contribution in [0.2, 0.25) is 0 Å². The predicted octanol–water partition coefficient (Wildman–Crippen LogP) is 6.23. The number of hydrogen-bond donors (Lipinski definition) is 1. The number of oxazole rings is 1. The highest BCUT2D eigenvalue weighted by Crippen LogP contribution is 2.53. The summed E-state index contributed by atoms with van der Waals surface area (Å²) in [5, 5.41) is 0. The molecule has 9 heteroatoms. The molecule has 40 heavy (non-hydrogen) atoms. The van der Waals surface area contributed by atoms with Crippen molar-refractivity contribution in [3.8, 4) is 30.1 Å². The molecule has 0 radical (unpaired) electrons. The normalized spacial score (nSPS) is 14.4. The third kappa shape index (κ3) is 14.2. The van der Waals surface area contributed by atoms with Crippen LogP contribution in [0.1, 0.15) is 90.9 Å². The van der Waals surface area contributed by atoms with E-state index in [0.29, 0.717) is 48.1 Å². The molecule has 0 bridgehead atoms. The number of nitrogens with zero attached hydrogens (tertiary/aromatic N) is 3. The lowest BCUT2D eigenvalue weighted by Crippen LogP contribution is -2.30. The van der Waals surface area contributed by atoms with Crippen LogP contribution in [0, 0.1) is 24.1 Å². The van der Waals surface area contributed by atoms with Gasteiger partial charge in [-0.05, 0) is 64.1 Å². The van der Waals surface area contributed by atoms with Crippen LogP contribution < -0.4 is 10.5 Å². The summed E-state index contributed by atoms with van der Waals surface area (Å²) in [4.78, 5) is 30.2. The summed E-state index contributed by atoms with van der Waals surface area (Å²) in [6.07, 6.45) is 22.8. The van der Waals surface area contributed by atoms with Gasteiger partial charge < -0.3 is 19.8 Å². The summed E-state index contributed by atoms with van der Waals surface area (Å²) < 4.78 is 24.5. The van der Waals surface area contributed by atoms with Gasteiger partial charge in [0.05, 0.1) is 25.1 Å². The Bertz CT molecular complexity index is 979. The molecule has 1 spiro atoms. The number of ketones is 1. The minimum Gasteiger partial charge on any atom is -0.481 e. The van der Waals surface area contributed by atoms with Crippen molar-refractivity contribution in [2.75, 3.05) is 27.2 Å². The molecule has 8 nitrogen and oxygen atoms in total. The van der Waals surface area contributed by atoms with Crippen LogP contribution in [-0.2, 0) is 16.0 Å². The molecule has 224 valence electrons. The maximum atomic E-state index is 13.9. The Kier molecular flexibility index (Phi) is 19.8. The predicted molar refractivity (Wildman–Crippen MR) is 158 cm³/mol. The van der Waals surface area contributed by atoms with E-state index in [4.69, 9.17) is 13.9 Å². The summed E-state index contributed by atoms with van der Waals surface area (Å²) >= 11 is 0. The molecule has 2 aromatic heterocycles. The number of amides is 1. The average molecular weight is 561 g/mol. The monoisotopic (exact) mass is 560 g/mol. The molecule has 1 saturated carbocycles. The molecule has 2 N–H and O–H groups in total. The number of piperidine rings is 1. The van der Waals surface area contributed by atoms with Crippen LogP contribution in [0.5, 0.6) is 5.88 Å². The first kappa shape index (κ1) is 36.8. The van der Waals surface area contributed by atoms with E-state index in [2.05, 4.69) is 40.5 Å². The Morgan fingerprint density at radius 3 is 2.27 bits per heavy atom. The summed E-state index contributed by atoms with van der Waals surface area (Å²) in [6, 6.07) is 1.49. The van der Waals surface area contributed by atoms with E-state index >= 15 is 0 Å². The second-order valence-electron chi connectivity index (χ2n) is 9.57. The Labute approximate surface area is 240 Å². The van der Waals surface area contributed by atoms with Crippen LogP contribution in [0.4, 0.5) is 4.39 Å². The number of primary amides is 1. The number of halogens is 1. The molecule has 2 aromatic rings. The standard InChI is InChI=1S/C18H23FN2O3.C8H15N.C2H6.C2H2.CH3NO/c1-3-13(22)8-6-4-5-7-9-17-21-12-16(24-17)14-10-18(23-2)20-11-15(14)19;1-9-6-4-8(2-3-8)5-7-9;2*1-2;2-1-3/h10-12H,3-9H2,1-2H3;2-7H2,1H3;1-2H3;1-2H;1H,(H2,2,3). The summed E-state index contributed by atoms with van der Waals surface area (Å²) in [5.74, 6) is 1.13. The molecule has 1 saturated heterocycles. The van der Waals surface area contributed by atoms with Crippen molar-refractivity contribution >= 4 is 12.2 Å². The fourth-order valence-electron chi connectivity index (χ4n) is 4.17. The van der Waals surface area contributed by atoms with Crippen molar-refractivity contribution in [1.29, 1.82) is 0 Å². The lowest BCUT2D eigenvalue weighted by molar-refractivity contribution is -0.118. The average Bonchev–Trinajstić information content (AvgIpc) is 3.59. The quantitative estimate of drug-likeness (QED) is 0.208. The number of pyridine rings is 1. The highest BCUT2D eigenvalue weighted by molar-refractivity contribution is 5.77. The van der Waals surface area contributed by atoms with Crippen LogP contribution in [-0.4, -0.2) is 54.3 Å². The number of carbonyl (C=O) groups is 2. The van der Waals surface area contributed by atoms with Gasteiger partial charge in [-0.25, -0.2) is 14.4 Å². The Balaban J connectivity index is 0.000000777. The van der Waals surface area contributed by atoms with Gasteiger partial charge in [0, 0.05) is 25.3 Å². The number of aryl methyl sites for hydroxylation is 1. The number of ether oxygens (including phenoxy) is 1. The molecule has 0 aromatic carbocycles. The summed E-state index contributed by atoms with van der Waals surface area (Å²) in [6.45, 7) is 8.59. The molecule has 0 unspecified atom stereocenters. The van der Waals surface area contributed by atoms with Gasteiger partial charge in [-0.3, -0.25) is 9.59 Å². The molecule has 2 fully saturated rings. The van der Waals surface area contributed by atoms with Crippen molar-refractivity contribution in [2.45, 2.75) is 91.4 Å². The Hall–Kier alpha value is -3.25. The molecule has 1 aliphatic heterocycles. The lowest BCUT2D eigenvalue weighted by atomic mass is 9.94. The SMILES string of the molecule is C#C.CC.CCC(=O)CCCCCCc1ncc(-c2cc(OC)ncc2F)o1.CN1CCC2(CC1)CC2.NC=O. The van der Waals surface area contributed by atoms with Gasteiger partial charge in [-0.15, -0.1) is 12.8 Å². The number of carbonyl (C=O) groups excluding carboxylic acids is 2. The van der Waals surface area contributed by atoms with Gasteiger partial charge in [0.15, 0.2) is 17.5 Å². The lowest BCUT2D eigenvalue weighted by Gasteiger charge is -2.28. The van der Waals surface area contributed by atoms with Crippen LogP contribution >= 0.6 is 0 Å². The summed E-state index contributed by atoms with van der Waals surface area (Å²) in [5.41, 5.74) is 5.32. The van der Waals surface area contributed by atoms with Crippen molar-refractivity contribution in [3.05, 3.63) is 30.2 Å². The van der Waals surface area contributed by atoms with Crippen LogP contribution in [0.25, 0.3) is 11.3 Å². The zero-order chi connectivity index (χ0) is 30.4. The third-order valence-electron chi connectivity index (χ3n) is 6.85. The van der Waals surface area contributed by atoms with Gasteiger partial charge in [0.2, 0.25) is 12.3 Å². The fourth-order valence-corrected chi connectivity index (χ4v) is 4.17. The molecule has 1 aliphatic carbocycles. The molecular weight excluding hydrogens is 511 g/mol. The first-order chi connectivity index (χ1) is 19.4. The number of unbranched alkanes of at least 4 members (excludes halogenated alkanes) is 3. The van der Waals surface area contributed by atoms with Gasteiger partial charge in [0.1, 0.15) is 5.78 Å². The zero-order valence-corrected chi connectivity index (χ0v) is 25.1. The minimum atomic E-state index is -0.473. The van der Waals surface area contributed by atoms with Gasteiger partial charge in [-0.2, -0.15) is 0 Å². The largest absolute Gasteiger partial charge is 0.481 e. The fraction of sp³-hybridized carbons (Fsp3) is 0.613. The highest BCUT2D eigenvalue weighted by Gasteiger charge is 2.43. The number of rotatable bonds is 10. The van der Waals surface area contributed by atoms with E-state index in [0.717, 1.165) is 37.3 Å². The maximum absolute atomic E-state index is 13.9. The number of hydrogen-bond acceptors (Lipinski definition) is 7. The van der Waals surface area contributed by atoms with Crippen LogP contribution in [0.3, 0.4) is 0 Å². The van der Waals surface area contributed by atoms with Gasteiger partial charge >= 0.3 is 0 Å². The third-order valence-corrected chi connectivity index (χ3v) is 6.85. The van der Waals surface area contributed by atoms with E-state index in [-0.39, 0.29) is 6.41 Å². The molecule has 4 rings (SSSR count). The van der Waals surface area contributed by atoms with Crippen molar-refractivity contribution < 1.29 is 23.1 Å². The zero-order valence-electron chi connectivity index (χ0n) is 25.1. The van der Waals surface area contributed by atoms with Gasteiger partial charge in [-0.1, -0.05) is 33.6 Å². The number of terminal acetylenes is 1. The van der Waals surface area contributed by atoms with E-state index < -0.39 is 5.82 Å². The number of methoxy groups -OCH3 is 1. The molecule has 2 aliphatic rings. The van der Waals surface area contributed by atoms with Gasteiger partial charge in [0.25, 0.3) is 0 Å². The molecule has 3 heterocycles. The number of Topliss-reactive ketones (excluding diaryl/α,β-unsaturated/α-hetero) is 1. The second kappa shape index (κ2) is 21.6. The maximum Gasteiger partial charge on any atom is 0.213 e. The van der Waals surface area contributed by atoms with Crippen molar-refractivity contribution in [1.82, 2.24) is 14.9 Å². The van der Waals surface area contributed by atoms with E-state index in [1.807, 2.05) is 20.8 Å². The number of aromatic nitrogens is 2. The second-order valence-corrected chi connectivity index (χ2v) is 9.57. The Morgan fingerprint density at radius 2 is 1.73 bits per heavy atom. The summed E-state index contributed by atoms with van der Waals surface area (Å²) in [7, 11) is 3.71. The van der Waals surface area contributed by atoms with Crippen molar-refractivity contribution in [3.63, 3.8) is 0 Å².